The molecular weight excluding hydrogens is 350 g/mol. The molecule has 2 heterocycles. The Morgan fingerprint density at radius 1 is 1.19 bits per heavy atom. The highest BCUT2D eigenvalue weighted by molar-refractivity contribution is 6.31. The summed E-state index contributed by atoms with van der Waals surface area (Å²) >= 11 is 6.33. The first-order valence-corrected chi connectivity index (χ1v) is 9.39. The highest BCUT2D eigenvalue weighted by Gasteiger charge is 2.25. The Balaban J connectivity index is 1.47. The van der Waals surface area contributed by atoms with E-state index in [1.54, 1.807) is 11.2 Å². The number of hydrogen-bond acceptors (Lipinski definition) is 4. The van der Waals surface area contributed by atoms with E-state index in [4.69, 9.17) is 16.0 Å². The molecule has 0 N–H and O–H groups in total. The largest absolute Gasteiger partial charge is 0.467 e. The second-order valence-corrected chi connectivity index (χ2v) is 7.25. The van der Waals surface area contributed by atoms with Gasteiger partial charge in [0, 0.05) is 44.3 Å². The average molecular weight is 376 g/mol. The van der Waals surface area contributed by atoms with Gasteiger partial charge in [-0.3, -0.25) is 14.6 Å². The zero-order chi connectivity index (χ0) is 18.5. The van der Waals surface area contributed by atoms with Crippen LogP contribution in [0.1, 0.15) is 24.3 Å². The molecule has 0 aliphatic carbocycles. The van der Waals surface area contributed by atoms with Gasteiger partial charge in [0.2, 0.25) is 5.91 Å². The van der Waals surface area contributed by atoms with E-state index in [1.807, 2.05) is 37.4 Å². The number of benzene rings is 1. The maximum absolute atomic E-state index is 12.4. The summed E-state index contributed by atoms with van der Waals surface area (Å²) in [6.45, 7) is 6.79. The summed E-state index contributed by atoms with van der Waals surface area (Å²) in [5, 5.41) is 0.817. The zero-order valence-electron chi connectivity index (χ0n) is 15.4. The summed E-state index contributed by atoms with van der Waals surface area (Å²) in [6, 6.07) is 12.0. The third-order valence-corrected chi connectivity index (χ3v) is 5.41. The van der Waals surface area contributed by atoms with Gasteiger partial charge in [0.1, 0.15) is 5.76 Å². The van der Waals surface area contributed by atoms with Crippen molar-refractivity contribution in [3.05, 3.63) is 59.0 Å². The van der Waals surface area contributed by atoms with Crippen molar-refractivity contribution in [2.24, 2.45) is 0 Å². The minimum atomic E-state index is 0.119. The number of piperazine rings is 1. The van der Waals surface area contributed by atoms with Gasteiger partial charge in [0.15, 0.2) is 0 Å². The highest BCUT2D eigenvalue weighted by atomic mass is 35.5. The van der Waals surface area contributed by atoms with E-state index in [0.717, 1.165) is 42.5 Å². The Hall–Kier alpha value is -1.82. The lowest BCUT2D eigenvalue weighted by Crippen LogP contribution is -2.50. The van der Waals surface area contributed by atoms with Crippen LogP contribution in [0, 0.1) is 0 Å². The predicted octanol–water partition coefficient (Wildman–Crippen LogP) is 3.27. The summed E-state index contributed by atoms with van der Waals surface area (Å²) < 4.78 is 5.31. The first-order chi connectivity index (χ1) is 12.5. The zero-order valence-corrected chi connectivity index (χ0v) is 16.2. The molecule has 1 fully saturated rings. The van der Waals surface area contributed by atoms with Gasteiger partial charge in [-0.15, -0.1) is 0 Å². The molecule has 1 aliphatic rings. The molecule has 1 aromatic heterocycles. The van der Waals surface area contributed by atoms with Crippen molar-refractivity contribution in [3.8, 4) is 0 Å². The predicted molar refractivity (Wildman–Crippen MR) is 103 cm³/mol. The van der Waals surface area contributed by atoms with Crippen LogP contribution in [-0.4, -0.2) is 60.4 Å². The van der Waals surface area contributed by atoms with Crippen molar-refractivity contribution < 1.29 is 9.21 Å². The van der Waals surface area contributed by atoms with Gasteiger partial charge in [-0.05, 0) is 30.7 Å². The minimum absolute atomic E-state index is 0.119. The van der Waals surface area contributed by atoms with Crippen molar-refractivity contribution in [2.75, 3.05) is 39.8 Å². The van der Waals surface area contributed by atoms with Crippen LogP contribution in [0.15, 0.2) is 47.1 Å². The van der Waals surface area contributed by atoms with Crippen LogP contribution in [0.4, 0.5) is 0 Å². The maximum Gasteiger partial charge on any atom is 0.236 e. The van der Waals surface area contributed by atoms with Crippen molar-refractivity contribution in [1.82, 2.24) is 14.7 Å². The molecule has 1 unspecified atom stereocenters. The van der Waals surface area contributed by atoms with Crippen molar-refractivity contribution >= 4 is 17.5 Å². The topological polar surface area (TPSA) is 39.9 Å². The Bertz CT molecular complexity index is 712. The molecule has 2 aromatic rings. The summed E-state index contributed by atoms with van der Waals surface area (Å²) in [6.07, 6.45) is 1.63. The molecule has 0 spiro atoms. The van der Waals surface area contributed by atoms with Gasteiger partial charge in [0.05, 0.1) is 19.4 Å². The minimum Gasteiger partial charge on any atom is -0.467 e. The molecule has 1 aliphatic heterocycles. The van der Waals surface area contributed by atoms with E-state index in [-0.39, 0.29) is 11.9 Å². The van der Waals surface area contributed by atoms with Crippen LogP contribution >= 0.6 is 11.6 Å². The number of carbonyl (C=O) groups excluding carboxylic acids is 1. The lowest BCUT2D eigenvalue weighted by atomic mass is 10.1. The van der Waals surface area contributed by atoms with Crippen LogP contribution in [0.3, 0.4) is 0 Å². The molecule has 26 heavy (non-hydrogen) atoms. The summed E-state index contributed by atoms with van der Waals surface area (Å²) in [5.41, 5.74) is 1.16. The summed E-state index contributed by atoms with van der Waals surface area (Å²) in [5.74, 6) is 0.924. The third kappa shape index (κ3) is 4.67. The van der Waals surface area contributed by atoms with Gasteiger partial charge < -0.3 is 9.32 Å². The smallest absolute Gasteiger partial charge is 0.236 e. The molecule has 140 valence electrons. The third-order valence-electron chi connectivity index (χ3n) is 5.07. The highest BCUT2D eigenvalue weighted by Crippen LogP contribution is 2.27. The molecule has 1 amide bonds. The van der Waals surface area contributed by atoms with Crippen molar-refractivity contribution in [2.45, 2.75) is 19.5 Å². The molecule has 1 atom stereocenters. The van der Waals surface area contributed by atoms with E-state index in [1.165, 1.54) is 0 Å². The van der Waals surface area contributed by atoms with Crippen LogP contribution in [0.5, 0.6) is 0 Å². The van der Waals surface area contributed by atoms with Gasteiger partial charge in [0.25, 0.3) is 0 Å². The molecule has 0 radical (unpaired) electrons. The van der Waals surface area contributed by atoms with E-state index < -0.39 is 0 Å². The lowest BCUT2D eigenvalue weighted by molar-refractivity contribution is -0.132. The Morgan fingerprint density at radius 3 is 2.58 bits per heavy atom. The quantitative estimate of drug-likeness (QED) is 0.776. The first-order valence-electron chi connectivity index (χ1n) is 9.02. The standard InChI is InChI=1S/C20H26ClN3O2/c1-16(18-7-3-4-8-19(18)21)24-11-9-23(10-12-24)15-20(25)22(2)14-17-6-5-13-26-17/h3-8,13,16H,9-12,14-15H2,1-2H3. The maximum atomic E-state index is 12.4. The molecule has 6 heteroatoms. The van der Waals surface area contributed by atoms with E-state index >= 15 is 0 Å². The fourth-order valence-electron chi connectivity index (χ4n) is 3.36. The molecule has 3 rings (SSSR count). The number of halogens is 1. The van der Waals surface area contributed by atoms with Crippen LogP contribution < -0.4 is 0 Å². The SMILES string of the molecule is CC(c1ccccc1Cl)N1CCN(CC(=O)N(C)Cc2ccco2)CC1. The Labute approximate surface area is 160 Å². The van der Waals surface area contributed by atoms with Gasteiger partial charge >= 0.3 is 0 Å². The molecule has 1 saturated heterocycles. The molecule has 1 aromatic carbocycles. The second-order valence-electron chi connectivity index (χ2n) is 6.84. The number of furan rings is 1. The van der Waals surface area contributed by atoms with Gasteiger partial charge in [-0.25, -0.2) is 0 Å². The van der Waals surface area contributed by atoms with Gasteiger partial charge in [-0.2, -0.15) is 0 Å². The fourth-order valence-corrected chi connectivity index (χ4v) is 3.65. The number of rotatable bonds is 6. The number of nitrogens with zero attached hydrogens (tertiary/aromatic N) is 3. The van der Waals surface area contributed by atoms with Crippen LogP contribution in [0.25, 0.3) is 0 Å². The first kappa shape index (κ1) is 19.0. The van der Waals surface area contributed by atoms with E-state index in [2.05, 4.69) is 22.8 Å². The summed E-state index contributed by atoms with van der Waals surface area (Å²) in [7, 11) is 1.82. The normalized spacial score (nSPS) is 17.2. The van der Waals surface area contributed by atoms with Crippen LogP contribution in [0.2, 0.25) is 5.02 Å². The van der Waals surface area contributed by atoms with E-state index in [9.17, 15) is 4.79 Å². The number of likely N-dealkylation sites (N-methyl/N-ethyl adjacent to an activating group) is 1. The molecule has 0 bridgehead atoms. The van der Waals surface area contributed by atoms with E-state index in [0.29, 0.717) is 13.1 Å². The van der Waals surface area contributed by atoms with Crippen molar-refractivity contribution in [1.29, 1.82) is 0 Å². The Kier molecular flexibility index (Phi) is 6.35. The van der Waals surface area contributed by atoms with Crippen molar-refractivity contribution in [3.63, 3.8) is 0 Å². The lowest BCUT2D eigenvalue weighted by Gasteiger charge is -2.38. The molecule has 0 saturated carbocycles. The monoisotopic (exact) mass is 375 g/mol. The molecular formula is C20H26ClN3O2. The number of amides is 1. The fraction of sp³-hybridized carbons (Fsp3) is 0.450. The van der Waals surface area contributed by atoms with Crippen LogP contribution in [-0.2, 0) is 11.3 Å². The average Bonchev–Trinajstić information content (AvgIpc) is 3.15. The second kappa shape index (κ2) is 8.71. The molecule has 5 nitrogen and oxygen atoms in total. The number of hydrogen-bond donors (Lipinski definition) is 0. The Morgan fingerprint density at radius 2 is 1.92 bits per heavy atom. The van der Waals surface area contributed by atoms with Gasteiger partial charge in [-0.1, -0.05) is 29.8 Å². The number of carbonyl (C=O) groups is 1. The summed E-state index contributed by atoms with van der Waals surface area (Å²) in [4.78, 5) is 18.8.